The Hall–Kier alpha value is -3.73. The van der Waals surface area contributed by atoms with Crippen molar-refractivity contribution in [3.8, 4) is 5.69 Å². The molecule has 1 amide bonds. The lowest BCUT2D eigenvalue weighted by Gasteiger charge is -2.33. The molecule has 4 aromatic rings. The van der Waals surface area contributed by atoms with Gasteiger partial charge in [-0.25, -0.2) is 4.98 Å². The number of nitrogens with zero attached hydrogens (tertiary/aromatic N) is 3. The summed E-state index contributed by atoms with van der Waals surface area (Å²) in [6.45, 7) is 8.74. The summed E-state index contributed by atoms with van der Waals surface area (Å²) in [4.78, 5) is 34.7. The van der Waals surface area contributed by atoms with Gasteiger partial charge in [0, 0.05) is 12.1 Å². The maximum Gasteiger partial charge on any atom is 0.266 e. The summed E-state index contributed by atoms with van der Waals surface area (Å²) in [5, 5.41) is 0.568. The maximum absolute atomic E-state index is 13.9. The number of fused-ring (bicyclic) bond motifs is 1. The second-order valence-corrected chi connectivity index (χ2v) is 9.06. The highest BCUT2D eigenvalue weighted by atomic mass is 16.2. The van der Waals surface area contributed by atoms with Gasteiger partial charge in [0.15, 0.2) is 0 Å². The average Bonchev–Trinajstić information content (AvgIpc) is 2.86. The molecule has 0 aliphatic carbocycles. The van der Waals surface area contributed by atoms with Crippen LogP contribution in [-0.4, -0.2) is 26.9 Å². The largest absolute Gasteiger partial charge is 0.328 e. The van der Waals surface area contributed by atoms with Gasteiger partial charge >= 0.3 is 0 Å². The number of hydrogen-bond acceptors (Lipinski definition) is 3. The van der Waals surface area contributed by atoms with Crippen molar-refractivity contribution in [2.75, 3.05) is 6.54 Å². The second kappa shape index (κ2) is 10.7. The van der Waals surface area contributed by atoms with E-state index in [1.807, 2.05) is 91.5 Å². The molecular weight excluding hydrogens is 434 g/mol. The van der Waals surface area contributed by atoms with Crippen LogP contribution < -0.4 is 5.56 Å². The van der Waals surface area contributed by atoms with Crippen LogP contribution in [0.3, 0.4) is 0 Å². The van der Waals surface area contributed by atoms with Gasteiger partial charge in [-0.2, -0.15) is 0 Å². The molecule has 0 spiro atoms. The number of aryl methyl sites for hydroxylation is 2. The fraction of sp³-hybridized carbons (Fsp3) is 0.300. The molecule has 0 N–H and O–H groups in total. The van der Waals surface area contributed by atoms with Crippen molar-refractivity contribution >= 4 is 16.8 Å². The van der Waals surface area contributed by atoms with E-state index in [1.165, 1.54) is 0 Å². The molecule has 35 heavy (non-hydrogen) atoms. The second-order valence-electron chi connectivity index (χ2n) is 9.06. The number of carbonyl (C=O) groups excluding carboxylic acids is 1. The van der Waals surface area contributed by atoms with E-state index in [1.54, 1.807) is 4.57 Å². The third kappa shape index (κ3) is 4.90. The van der Waals surface area contributed by atoms with Crippen molar-refractivity contribution in [3.63, 3.8) is 0 Å². The minimum Gasteiger partial charge on any atom is -0.328 e. The lowest BCUT2D eigenvalue weighted by atomic mass is 10.0. The van der Waals surface area contributed by atoms with Crippen LogP contribution in [0.15, 0.2) is 77.6 Å². The lowest BCUT2D eigenvalue weighted by molar-refractivity contribution is 0.0655. The van der Waals surface area contributed by atoms with E-state index in [0.717, 1.165) is 29.7 Å². The van der Waals surface area contributed by atoms with Gasteiger partial charge in [-0.15, -0.1) is 0 Å². The van der Waals surface area contributed by atoms with Gasteiger partial charge in [-0.1, -0.05) is 62.7 Å². The van der Waals surface area contributed by atoms with Gasteiger partial charge < -0.3 is 4.90 Å². The first-order valence-corrected chi connectivity index (χ1v) is 12.4. The monoisotopic (exact) mass is 467 g/mol. The van der Waals surface area contributed by atoms with Crippen molar-refractivity contribution in [2.24, 2.45) is 0 Å². The molecule has 1 aromatic heterocycles. The Morgan fingerprint density at radius 3 is 2.43 bits per heavy atom. The highest BCUT2D eigenvalue weighted by Gasteiger charge is 2.30. The first-order valence-electron chi connectivity index (χ1n) is 12.4. The first-order chi connectivity index (χ1) is 17.0. The fourth-order valence-corrected chi connectivity index (χ4v) is 4.63. The maximum atomic E-state index is 13.9. The number of amides is 1. The molecule has 3 aromatic carbocycles. The van der Waals surface area contributed by atoms with E-state index in [9.17, 15) is 9.59 Å². The molecule has 1 heterocycles. The van der Waals surface area contributed by atoms with Crippen LogP contribution >= 0.6 is 0 Å². The van der Waals surface area contributed by atoms with Crippen LogP contribution in [0.25, 0.3) is 16.6 Å². The summed E-state index contributed by atoms with van der Waals surface area (Å²) in [7, 11) is 0. The molecule has 0 saturated heterocycles. The Morgan fingerprint density at radius 2 is 1.71 bits per heavy atom. The minimum absolute atomic E-state index is 0.0263. The summed E-state index contributed by atoms with van der Waals surface area (Å²) in [5.41, 5.74) is 3.98. The van der Waals surface area contributed by atoms with E-state index in [4.69, 9.17) is 4.98 Å². The Kier molecular flexibility index (Phi) is 7.45. The minimum atomic E-state index is -0.355. The smallest absolute Gasteiger partial charge is 0.266 e. The summed E-state index contributed by atoms with van der Waals surface area (Å²) in [6, 6.07) is 22.6. The number of unbranched alkanes of at least 4 members (excludes halogenated alkanes) is 1. The number of rotatable bonds is 8. The Balaban J connectivity index is 1.96. The van der Waals surface area contributed by atoms with Gasteiger partial charge in [0.05, 0.1) is 22.6 Å². The van der Waals surface area contributed by atoms with Gasteiger partial charge in [0.2, 0.25) is 0 Å². The number of aromatic nitrogens is 2. The molecule has 0 aliphatic heterocycles. The van der Waals surface area contributed by atoms with Gasteiger partial charge in [0.25, 0.3) is 11.5 Å². The molecule has 5 nitrogen and oxygen atoms in total. The molecule has 0 radical (unpaired) electrons. The zero-order chi connectivity index (χ0) is 24.9. The molecule has 0 saturated carbocycles. The number of hydrogen-bond donors (Lipinski definition) is 0. The standard InChI is InChI=1S/C30H33N3O2/c1-5-7-19-32(29(34)24-16-9-8-14-22(24)4)27(6-2)28-31-26-18-11-10-17-25(26)30(35)33(28)23-15-12-13-21(3)20-23/h8-18,20,27H,5-7,19H2,1-4H3. The highest BCUT2D eigenvalue weighted by molar-refractivity contribution is 5.96. The van der Waals surface area contributed by atoms with Crippen LogP contribution in [0.4, 0.5) is 0 Å². The molecule has 1 unspecified atom stereocenters. The summed E-state index contributed by atoms with van der Waals surface area (Å²) in [5.74, 6) is 0.571. The fourth-order valence-electron chi connectivity index (χ4n) is 4.63. The molecule has 0 fully saturated rings. The molecule has 4 rings (SSSR count). The topological polar surface area (TPSA) is 55.2 Å². The van der Waals surface area contributed by atoms with Gasteiger partial charge in [0.1, 0.15) is 5.82 Å². The lowest BCUT2D eigenvalue weighted by Crippen LogP contribution is -2.39. The number of carbonyl (C=O) groups is 1. The summed E-state index contributed by atoms with van der Waals surface area (Å²) >= 11 is 0. The van der Waals surface area contributed by atoms with Crippen molar-refractivity contribution in [2.45, 2.75) is 53.0 Å². The number of para-hydroxylation sites is 1. The van der Waals surface area contributed by atoms with Gasteiger partial charge in [-0.3, -0.25) is 14.2 Å². The van der Waals surface area contributed by atoms with Crippen molar-refractivity contribution < 1.29 is 4.79 Å². The first kappa shape index (κ1) is 24.4. The molecular formula is C30H33N3O2. The Bertz CT molecular complexity index is 1410. The molecule has 180 valence electrons. The van der Waals surface area contributed by atoms with E-state index in [2.05, 4.69) is 13.8 Å². The SMILES string of the molecule is CCCCN(C(=O)c1ccccc1C)C(CC)c1nc2ccccc2c(=O)n1-c1cccc(C)c1. The third-order valence-corrected chi connectivity index (χ3v) is 6.51. The van der Waals surface area contributed by atoms with E-state index in [0.29, 0.717) is 35.3 Å². The zero-order valence-corrected chi connectivity index (χ0v) is 21.0. The van der Waals surface area contributed by atoms with Crippen LogP contribution in [-0.2, 0) is 0 Å². The van der Waals surface area contributed by atoms with Crippen LogP contribution in [0, 0.1) is 13.8 Å². The predicted octanol–water partition coefficient (Wildman–Crippen LogP) is 6.40. The van der Waals surface area contributed by atoms with Gasteiger partial charge in [-0.05, 0) is 68.1 Å². The van der Waals surface area contributed by atoms with Crippen molar-refractivity contribution in [3.05, 3.63) is 106 Å². The third-order valence-electron chi connectivity index (χ3n) is 6.51. The average molecular weight is 468 g/mol. The van der Waals surface area contributed by atoms with Crippen molar-refractivity contribution in [1.82, 2.24) is 14.5 Å². The van der Waals surface area contributed by atoms with Crippen LogP contribution in [0.2, 0.25) is 0 Å². The van der Waals surface area contributed by atoms with Crippen LogP contribution in [0.1, 0.15) is 66.5 Å². The van der Waals surface area contributed by atoms with E-state index >= 15 is 0 Å². The molecule has 0 bridgehead atoms. The van der Waals surface area contributed by atoms with E-state index in [-0.39, 0.29) is 17.5 Å². The van der Waals surface area contributed by atoms with E-state index < -0.39 is 0 Å². The summed E-state index contributed by atoms with van der Waals surface area (Å²) < 4.78 is 1.70. The number of benzene rings is 3. The summed E-state index contributed by atoms with van der Waals surface area (Å²) in [6.07, 6.45) is 2.47. The normalized spacial score (nSPS) is 12.0. The Morgan fingerprint density at radius 1 is 0.971 bits per heavy atom. The van der Waals surface area contributed by atoms with Crippen molar-refractivity contribution in [1.29, 1.82) is 0 Å². The Labute approximate surface area is 207 Å². The quantitative estimate of drug-likeness (QED) is 0.301. The molecule has 5 heteroatoms. The molecule has 0 aliphatic rings. The predicted molar refractivity (Wildman–Crippen MR) is 142 cm³/mol. The van der Waals surface area contributed by atoms with Crippen LogP contribution in [0.5, 0.6) is 0 Å². The highest BCUT2D eigenvalue weighted by Crippen LogP contribution is 2.28. The molecule has 1 atom stereocenters. The zero-order valence-electron chi connectivity index (χ0n) is 21.0.